The molecule has 0 spiro atoms. The highest BCUT2D eigenvalue weighted by Crippen LogP contribution is 2.57. The summed E-state index contributed by atoms with van der Waals surface area (Å²) in [5.74, 6) is 5.89. The molecule has 2 heteroatoms. The van der Waals surface area contributed by atoms with Crippen LogP contribution < -0.4 is 5.73 Å². The predicted octanol–water partition coefficient (Wildman–Crippen LogP) is 2.73. The summed E-state index contributed by atoms with van der Waals surface area (Å²) in [6.07, 6.45) is 10.4. The second-order valence-electron chi connectivity index (χ2n) is 8.23. The minimum Gasteiger partial charge on any atom is -0.327 e. The van der Waals surface area contributed by atoms with E-state index in [0.29, 0.717) is 6.04 Å². The van der Waals surface area contributed by atoms with Gasteiger partial charge in [-0.25, -0.2) is 0 Å². The zero-order chi connectivity index (χ0) is 13.0. The van der Waals surface area contributed by atoms with Crippen molar-refractivity contribution in [1.82, 2.24) is 4.90 Å². The van der Waals surface area contributed by atoms with Crippen LogP contribution in [0.5, 0.6) is 0 Å². The van der Waals surface area contributed by atoms with Crippen LogP contribution in [0.4, 0.5) is 0 Å². The van der Waals surface area contributed by atoms with E-state index >= 15 is 0 Å². The van der Waals surface area contributed by atoms with Crippen LogP contribution in [0.3, 0.4) is 0 Å². The fourth-order valence-electron chi connectivity index (χ4n) is 6.32. The first kappa shape index (κ1) is 12.6. The largest absolute Gasteiger partial charge is 0.327 e. The molecule has 19 heavy (non-hydrogen) atoms. The Morgan fingerprint density at radius 2 is 1.42 bits per heavy atom. The van der Waals surface area contributed by atoms with E-state index in [0.717, 1.165) is 35.5 Å². The smallest absolute Gasteiger partial charge is 0.0102 e. The Hall–Kier alpha value is -0.0800. The molecule has 1 atom stereocenters. The third-order valence-corrected chi connectivity index (χ3v) is 7.05. The molecule has 0 aromatic rings. The molecule has 4 bridgehead atoms. The summed E-state index contributed by atoms with van der Waals surface area (Å²) >= 11 is 0. The van der Waals surface area contributed by atoms with Crippen LogP contribution in [0.25, 0.3) is 0 Å². The van der Waals surface area contributed by atoms with Crippen LogP contribution in [0.2, 0.25) is 0 Å². The Morgan fingerprint density at radius 3 is 1.95 bits per heavy atom. The molecule has 4 saturated carbocycles. The Labute approximate surface area is 118 Å². The molecule has 108 valence electrons. The van der Waals surface area contributed by atoms with Crippen molar-refractivity contribution in [2.45, 2.75) is 51.0 Å². The van der Waals surface area contributed by atoms with E-state index < -0.39 is 0 Å². The second kappa shape index (κ2) is 4.73. The van der Waals surface area contributed by atoms with E-state index in [4.69, 9.17) is 5.73 Å². The van der Waals surface area contributed by atoms with Crippen molar-refractivity contribution in [1.29, 1.82) is 0 Å². The normalized spacial score (nSPS) is 48.6. The van der Waals surface area contributed by atoms with Crippen LogP contribution >= 0.6 is 0 Å². The summed E-state index contributed by atoms with van der Waals surface area (Å²) in [6, 6.07) is 0.517. The number of rotatable bonds is 2. The van der Waals surface area contributed by atoms with Gasteiger partial charge in [0.1, 0.15) is 0 Å². The molecule has 1 heterocycles. The second-order valence-corrected chi connectivity index (χ2v) is 8.23. The van der Waals surface area contributed by atoms with E-state index in [1.165, 1.54) is 51.6 Å². The monoisotopic (exact) mass is 262 g/mol. The predicted molar refractivity (Wildman–Crippen MR) is 78.7 cm³/mol. The molecule has 0 aromatic carbocycles. The van der Waals surface area contributed by atoms with Crippen molar-refractivity contribution in [2.24, 2.45) is 41.2 Å². The van der Waals surface area contributed by atoms with Crippen LogP contribution in [0.1, 0.15) is 44.9 Å². The van der Waals surface area contributed by atoms with E-state index in [9.17, 15) is 0 Å². The van der Waals surface area contributed by atoms with Crippen molar-refractivity contribution < 1.29 is 0 Å². The number of nitrogens with zero attached hydrogens (tertiary/aromatic N) is 1. The van der Waals surface area contributed by atoms with Gasteiger partial charge in [0.15, 0.2) is 0 Å². The lowest BCUT2D eigenvalue weighted by Crippen LogP contribution is -2.55. The van der Waals surface area contributed by atoms with Crippen molar-refractivity contribution >= 4 is 0 Å². The van der Waals surface area contributed by atoms with Crippen molar-refractivity contribution in [3.8, 4) is 0 Å². The van der Waals surface area contributed by atoms with Crippen LogP contribution in [-0.4, -0.2) is 31.1 Å². The molecular formula is C17H30N2. The first-order valence-corrected chi connectivity index (χ1v) is 8.65. The maximum absolute atomic E-state index is 6.80. The molecule has 0 radical (unpaired) electrons. The average Bonchev–Trinajstić information content (AvgIpc) is 2.38. The van der Waals surface area contributed by atoms with Crippen molar-refractivity contribution in [3.63, 3.8) is 0 Å². The van der Waals surface area contributed by atoms with Gasteiger partial charge in [0.05, 0.1) is 0 Å². The average molecular weight is 262 g/mol. The molecule has 1 aliphatic heterocycles. The zero-order valence-electron chi connectivity index (χ0n) is 12.4. The number of likely N-dealkylation sites (tertiary alicyclic amines) is 1. The molecule has 0 aromatic heterocycles. The third-order valence-electron chi connectivity index (χ3n) is 7.05. The highest BCUT2D eigenvalue weighted by Gasteiger charge is 2.50. The highest BCUT2D eigenvalue weighted by molar-refractivity contribution is 5.02. The van der Waals surface area contributed by atoms with Gasteiger partial charge in [0.25, 0.3) is 0 Å². The number of hydrogen-bond donors (Lipinski definition) is 1. The molecule has 5 rings (SSSR count). The zero-order valence-corrected chi connectivity index (χ0v) is 12.4. The van der Waals surface area contributed by atoms with Gasteiger partial charge in [-0.05, 0) is 101 Å². The third kappa shape index (κ3) is 2.15. The van der Waals surface area contributed by atoms with Gasteiger partial charge in [-0.1, -0.05) is 0 Å². The molecule has 2 nitrogen and oxygen atoms in total. The molecule has 1 unspecified atom stereocenters. The van der Waals surface area contributed by atoms with Crippen LogP contribution in [0, 0.1) is 35.5 Å². The van der Waals surface area contributed by atoms with Crippen LogP contribution in [-0.2, 0) is 0 Å². The summed E-state index contributed by atoms with van der Waals surface area (Å²) in [4.78, 5) is 2.47. The lowest BCUT2D eigenvalue weighted by atomic mass is 9.49. The van der Waals surface area contributed by atoms with Gasteiger partial charge in [-0.2, -0.15) is 0 Å². The van der Waals surface area contributed by atoms with E-state index in [2.05, 4.69) is 11.9 Å². The van der Waals surface area contributed by atoms with Gasteiger partial charge >= 0.3 is 0 Å². The van der Waals surface area contributed by atoms with Crippen molar-refractivity contribution in [3.05, 3.63) is 0 Å². The van der Waals surface area contributed by atoms with E-state index in [-0.39, 0.29) is 0 Å². The summed E-state index contributed by atoms with van der Waals surface area (Å²) in [7, 11) is 2.25. The van der Waals surface area contributed by atoms with Crippen molar-refractivity contribution in [2.75, 3.05) is 20.1 Å². The Bertz CT molecular complexity index is 304. The minimum absolute atomic E-state index is 0.517. The number of hydrogen-bond acceptors (Lipinski definition) is 2. The summed E-state index contributed by atoms with van der Waals surface area (Å²) in [6.45, 7) is 2.54. The Morgan fingerprint density at radius 1 is 0.895 bits per heavy atom. The molecule has 1 saturated heterocycles. The molecule has 5 fully saturated rings. The summed E-state index contributed by atoms with van der Waals surface area (Å²) in [5, 5.41) is 0. The highest BCUT2D eigenvalue weighted by atomic mass is 15.1. The van der Waals surface area contributed by atoms with Gasteiger partial charge in [-0.15, -0.1) is 0 Å². The quantitative estimate of drug-likeness (QED) is 0.829. The van der Waals surface area contributed by atoms with Gasteiger partial charge in [0.2, 0.25) is 0 Å². The fourth-order valence-corrected chi connectivity index (χ4v) is 6.32. The molecule has 0 amide bonds. The topological polar surface area (TPSA) is 29.3 Å². The van der Waals surface area contributed by atoms with Gasteiger partial charge in [0, 0.05) is 6.04 Å². The van der Waals surface area contributed by atoms with E-state index in [1.807, 2.05) is 0 Å². The first-order chi connectivity index (χ1) is 9.20. The maximum atomic E-state index is 6.80. The van der Waals surface area contributed by atoms with Gasteiger partial charge in [-0.3, -0.25) is 0 Å². The number of piperidine rings is 1. The first-order valence-electron chi connectivity index (χ1n) is 8.65. The maximum Gasteiger partial charge on any atom is 0.0102 e. The minimum atomic E-state index is 0.517. The van der Waals surface area contributed by atoms with E-state index in [1.54, 1.807) is 6.42 Å². The lowest BCUT2D eigenvalue weighted by Gasteiger charge is -2.57. The molecule has 2 N–H and O–H groups in total. The molecule has 5 aliphatic rings. The lowest BCUT2D eigenvalue weighted by molar-refractivity contribution is -0.0576. The molecular weight excluding hydrogens is 232 g/mol. The van der Waals surface area contributed by atoms with Crippen LogP contribution in [0.15, 0.2) is 0 Å². The Balaban J connectivity index is 1.46. The van der Waals surface area contributed by atoms with Gasteiger partial charge < -0.3 is 10.6 Å². The summed E-state index contributed by atoms with van der Waals surface area (Å²) in [5.41, 5.74) is 6.80. The Kier molecular flexibility index (Phi) is 3.15. The standard InChI is InChI=1S/C17H30N2/c1-19-4-2-13(3-5-19)17(18)16-14-7-11-6-12(9-14)10-15(16)8-11/h11-17H,2-10,18H2,1H3. The number of nitrogens with two attached hydrogens (primary N) is 1. The molecule has 4 aliphatic carbocycles. The summed E-state index contributed by atoms with van der Waals surface area (Å²) < 4.78 is 0. The fraction of sp³-hybridized carbons (Fsp3) is 1.00. The SMILES string of the molecule is CN1CCC(C(N)C2C3CC4CC(C3)CC2C4)CC1.